The van der Waals surface area contributed by atoms with E-state index in [4.69, 9.17) is 5.11 Å². The van der Waals surface area contributed by atoms with E-state index in [0.29, 0.717) is 6.07 Å². The highest BCUT2D eigenvalue weighted by Crippen LogP contribution is 2.21. The predicted octanol–water partition coefficient (Wildman–Crippen LogP) is 1.72. The van der Waals surface area contributed by atoms with Crippen LogP contribution in [0.5, 0.6) is 0 Å². The molecule has 1 aromatic rings. The van der Waals surface area contributed by atoms with E-state index in [2.05, 4.69) is 6.58 Å². The molecule has 0 aliphatic rings. The van der Waals surface area contributed by atoms with E-state index >= 15 is 0 Å². The van der Waals surface area contributed by atoms with Gasteiger partial charge in [0.1, 0.15) is 5.82 Å². The third-order valence-corrected chi connectivity index (χ3v) is 4.46. The quantitative estimate of drug-likeness (QED) is 0.808. The van der Waals surface area contributed by atoms with Crippen molar-refractivity contribution in [2.24, 2.45) is 0 Å². The molecular formula is C12H14FNO4S. The topological polar surface area (TPSA) is 74.7 Å². The monoisotopic (exact) mass is 287 g/mol. The van der Waals surface area contributed by atoms with Gasteiger partial charge in [-0.3, -0.25) is 0 Å². The zero-order chi connectivity index (χ0) is 14.6. The summed E-state index contributed by atoms with van der Waals surface area (Å²) in [5.74, 6) is -2.23. The molecule has 104 valence electrons. The van der Waals surface area contributed by atoms with Crippen molar-refractivity contribution in [1.29, 1.82) is 0 Å². The summed E-state index contributed by atoms with van der Waals surface area (Å²) in [5.41, 5.74) is -0.455. The fourth-order valence-corrected chi connectivity index (χ4v) is 3.18. The highest BCUT2D eigenvalue weighted by molar-refractivity contribution is 7.89. The molecule has 0 saturated heterocycles. The lowest BCUT2D eigenvalue weighted by Crippen LogP contribution is -2.32. The van der Waals surface area contributed by atoms with Crippen LogP contribution >= 0.6 is 0 Å². The third kappa shape index (κ3) is 3.18. The Balaban J connectivity index is 3.46. The Kier molecular flexibility index (Phi) is 4.79. The molecule has 7 heteroatoms. The van der Waals surface area contributed by atoms with Gasteiger partial charge in [0.15, 0.2) is 0 Å². The Morgan fingerprint density at radius 1 is 1.53 bits per heavy atom. The zero-order valence-corrected chi connectivity index (χ0v) is 11.2. The standard InChI is InChI=1S/C12H14FNO4S/c1-3-7-14(4-2)19(17,18)11-8-9(13)5-6-10(11)12(15)16/h3,5-6,8H,1,4,7H2,2H3,(H,15,16). The summed E-state index contributed by atoms with van der Waals surface area (Å²) in [6.07, 6.45) is 1.38. The number of likely N-dealkylation sites (N-methyl/N-ethyl adjacent to an activating group) is 1. The number of halogens is 1. The van der Waals surface area contributed by atoms with Crippen LogP contribution in [-0.2, 0) is 10.0 Å². The molecule has 0 bridgehead atoms. The van der Waals surface area contributed by atoms with Crippen LogP contribution in [0.15, 0.2) is 35.7 Å². The molecule has 5 nitrogen and oxygen atoms in total. The van der Waals surface area contributed by atoms with Gasteiger partial charge in [0.05, 0.1) is 10.5 Å². The maximum Gasteiger partial charge on any atom is 0.337 e. The van der Waals surface area contributed by atoms with Crippen LogP contribution < -0.4 is 0 Å². The number of rotatable bonds is 6. The first-order valence-corrected chi connectivity index (χ1v) is 6.92. The average Bonchev–Trinajstić information content (AvgIpc) is 2.35. The van der Waals surface area contributed by atoms with Gasteiger partial charge in [0.25, 0.3) is 0 Å². The molecule has 0 amide bonds. The number of sulfonamides is 1. The van der Waals surface area contributed by atoms with Crippen molar-refractivity contribution in [1.82, 2.24) is 4.31 Å². The van der Waals surface area contributed by atoms with Gasteiger partial charge in [0, 0.05) is 13.1 Å². The van der Waals surface area contributed by atoms with Crippen molar-refractivity contribution < 1.29 is 22.7 Å². The molecular weight excluding hydrogens is 273 g/mol. The van der Waals surface area contributed by atoms with E-state index in [1.807, 2.05) is 0 Å². The van der Waals surface area contributed by atoms with Crippen LogP contribution in [0.25, 0.3) is 0 Å². The smallest absolute Gasteiger partial charge is 0.337 e. The van der Waals surface area contributed by atoms with Crippen LogP contribution in [0.2, 0.25) is 0 Å². The van der Waals surface area contributed by atoms with Gasteiger partial charge < -0.3 is 5.11 Å². The van der Waals surface area contributed by atoms with Crippen molar-refractivity contribution in [2.75, 3.05) is 13.1 Å². The van der Waals surface area contributed by atoms with Gasteiger partial charge >= 0.3 is 5.97 Å². The van der Waals surface area contributed by atoms with Crippen molar-refractivity contribution in [2.45, 2.75) is 11.8 Å². The van der Waals surface area contributed by atoms with Crippen LogP contribution in [0.4, 0.5) is 4.39 Å². The van der Waals surface area contributed by atoms with E-state index in [1.165, 1.54) is 6.08 Å². The highest BCUT2D eigenvalue weighted by Gasteiger charge is 2.27. The van der Waals surface area contributed by atoms with Crippen molar-refractivity contribution in [3.05, 3.63) is 42.2 Å². The zero-order valence-electron chi connectivity index (χ0n) is 10.3. The minimum Gasteiger partial charge on any atom is -0.478 e. The van der Waals surface area contributed by atoms with Crippen LogP contribution in [0.1, 0.15) is 17.3 Å². The number of carboxylic acid groups (broad SMARTS) is 1. The lowest BCUT2D eigenvalue weighted by molar-refractivity contribution is 0.0692. The number of carboxylic acids is 1. The Labute approximate surface area is 111 Å². The lowest BCUT2D eigenvalue weighted by atomic mass is 10.2. The third-order valence-electron chi connectivity index (χ3n) is 2.48. The first kappa shape index (κ1) is 15.3. The molecule has 1 rings (SSSR count). The van der Waals surface area contributed by atoms with Gasteiger partial charge in [0.2, 0.25) is 10.0 Å². The summed E-state index contributed by atoms with van der Waals surface area (Å²) in [7, 11) is -4.07. The molecule has 19 heavy (non-hydrogen) atoms. The largest absolute Gasteiger partial charge is 0.478 e. The first-order chi connectivity index (χ1) is 8.84. The van der Waals surface area contributed by atoms with Crippen molar-refractivity contribution in [3.8, 4) is 0 Å². The summed E-state index contributed by atoms with van der Waals surface area (Å²) in [6.45, 7) is 5.18. The Hall–Kier alpha value is -1.73. The lowest BCUT2D eigenvalue weighted by Gasteiger charge is -2.19. The van der Waals surface area contributed by atoms with Gasteiger partial charge in [-0.1, -0.05) is 13.0 Å². The summed E-state index contributed by atoms with van der Waals surface area (Å²) in [6, 6.07) is 2.56. The fraction of sp³-hybridized carbons (Fsp3) is 0.250. The van der Waals surface area contributed by atoms with Crippen LogP contribution in [-0.4, -0.2) is 36.9 Å². The van der Waals surface area contributed by atoms with Gasteiger partial charge in [-0.2, -0.15) is 4.31 Å². The van der Waals surface area contributed by atoms with Gasteiger partial charge in [-0.05, 0) is 18.2 Å². The molecule has 0 aliphatic heterocycles. The van der Waals surface area contributed by atoms with Crippen molar-refractivity contribution in [3.63, 3.8) is 0 Å². The molecule has 1 N–H and O–H groups in total. The Bertz CT molecular complexity index is 598. The van der Waals surface area contributed by atoms with Crippen molar-refractivity contribution >= 4 is 16.0 Å². The molecule has 0 saturated carbocycles. The number of aromatic carboxylic acids is 1. The molecule has 0 fully saturated rings. The number of hydrogen-bond acceptors (Lipinski definition) is 3. The summed E-state index contributed by atoms with van der Waals surface area (Å²) in [5, 5.41) is 8.98. The highest BCUT2D eigenvalue weighted by atomic mass is 32.2. The second-order valence-electron chi connectivity index (χ2n) is 3.69. The first-order valence-electron chi connectivity index (χ1n) is 5.48. The number of benzene rings is 1. The summed E-state index contributed by atoms with van der Waals surface area (Å²) < 4.78 is 38.8. The fourth-order valence-electron chi connectivity index (χ4n) is 1.57. The predicted molar refractivity (Wildman–Crippen MR) is 68.0 cm³/mol. The van der Waals surface area contributed by atoms with E-state index in [1.54, 1.807) is 6.92 Å². The molecule has 0 spiro atoms. The summed E-state index contributed by atoms with van der Waals surface area (Å²) in [4.78, 5) is 10.5. The van der Waals surface area contributed by atoms with Gasteiger partial charge in [-0.15, -0.1) is 6.58 Å². The van der Waals surface area contributed by atoms with E-state index in [0.717, 1.165) is 16.4 Å². The Morgan fingerprint density at radius 2 is 2.16 bits per heavy atom. The summed E-state index contributed by atoms with van der Waals surface area (Å²) >= 11 is 0. The van der Waals surface area contributed by atoms with Crippen LogP contribution in [0, 0.1) is 5.82 Å². The van der Waals surface area contributed by atoms with Gasteiger partial charge in [-0.25, -0.2) is 17.6 Å². The Morgan fingerprint density at radius 3 is 2.63 bits per heavy atom. The maximum absolute atomic E-state index is 13.2. The second kappa shape index (κ2) is 5.94. The number of carbonyl (C=O) groups is 1. The molecule has 0 radical (unpaired) electrons. The molecule has 0 unspecified atom stereocenters. The number of hydrogen-bond donors (Lipinski definition) is 1. The number of nitrogens with zero attached hydrogens (tertiary/aromatic N) is 1. The average molecular weight is 287 g/mol. The molecule has 0 aromatic heterocycles. The molecule has 0 heterocycles. The maximum atomic E-state index is 13.2. The normalized spacial score (nSPS) is 11.5. The minimum absolute atomic E-state index is 0.0222. The molecule has 0 aliphatic carbocycles. The molecule has 1 aromatic carbocycles. The minimum atomic E-state index is -4.07. The van der Waals surface area contributed by atoms with E-state index in [-0.39, 0.29) is 13.1 Å². The van der Waals surface area contributed by atoms with Crippen LogP contribution in [0.3, 0.4) is 0 Å². The second-order valence-corrected chi connectivity index (χ2v) is 5.60. The van der Waals surface area contributed by atoms with E-state index in [9.17, 15) is 17.6 Å². The molecule has 0 atom stereocenters. The van der Waals surface area contributed by atoms with E-state index < -0.39 is 32.3 Å². The SMILES string of the molecule is C=CCN(CC)S(=O)(=O)c1cc(F)ccc1C(=O)O.